The van der Waals surface area contributed by atoms with Gasteiger partial charge in [0.25, 0.3) is 0 Å². The van der Waals surface area contributed by atoms with E-state index in [4.69, 9.17) is 4.74 Å². The van der Waals surface area contributed by atoms with E-state index in [2.05, 4.69) is 10.4 Å². The predicted octanol–water partition coefficient (Wildman–Crippen LogP) is 6.47. The van der Waals surface area contributed by atoms with Crippen molar-refractivity contribution < 1.29 is 36.3 Å². The number of nitrogens with one attached hydrogen (secondary N) is 1. The normalized spacial score (nSPS) is 14.4. The van der Waals surface area contributed by atoms with Crippen LogP contribution in [0, 0.1) is 23.0 Å². The van der Waals surface area contributed by atoms with Gasteiger partial charge in [0.05, 0.1) is 35.9 Å². The third-order valence-electron chi connectivity index (χ3n) is 6.61. The average molecular weight is 590 g/mol. The minimum atomic E-state index is -4.93. The molecule has 0 bridgehead atoms. The molecule has 1 saturated heterocycles. The molecule has 8 nitrogen and oxygen atoms in total. The Kier molecular flexibility index (Phi) is 8.56. The largest absolute Gasteiger partial charge is 0.444 e. The van der Waals surface area contributed by atoms with E-state index in [0.717, 1.165) is 18.2 Å². The number of carbonyl (C=O) groups excluding carboxylic acids is 2. The Morgan fingerprint density at radius 1 is 1.14 bits per heavy atom. The molecule has 1 aliphatic rings. The molecular formula is C29H28F5N5O3. The van der Waals surface area contributed by atoms with Gasteiger partial charge in [-0.3, -0.25) is 9.48 Å². The first-order valence-corrected chi connectivity index (χ1v) is 13.1. The van der Waals surface area contributed by atoms with Crippen LogP contribution in [0.2, 0.25) is 0 Å². The third-order valence-corrected chi connectivity index (χ3v) is 6.61. The smallest absolute Gasteiger partial charge is 0.419 e. The molecule has 2 amide bonds. The van der Waals surface area contributed by atoms with Crippen LogP contribution < -0.4 is 5.32 Å². The van der Waals surface area contributed by atoms with Crippen LogP contribution in [0.3, 0.4) is 0 Å². The number of likely N-dealkylation sites (tertiary alicyclic amines) is 1. The van der Waals surface area contributed by atoms with Gasteiger partial charge in [-0.05, 0) is 57.4 Å². The van der Waals surface area contributed by atoms with Crippen molar-refractivity contribution in [2.75, 3.05) is 18.4 Å². The highest BCUT2D eigenvalue weighted by Gasteiger charge is 2.35. The van der Waals surface area contributed by atoms with E-state index in [0.29, 0.717) is 37.6 Å². The lowest BCUT2D eigenvalue weighted by Gasteiger charge is -2.33. The van der Waals surface area contributed by atoms with Gasteiger partial charge in [0.1, 0.15) is 17.2 Å². The number of halogens is 5. The van der Waals surface area contributed by atoms with Crippen LogP contribution in [0.15, 0.2) is 42.7 Å². The summed E-state index contributed by atoms with van der Waals surface area (Å²) in [4.78, 5) is 26.4. The molecular weight excluding hydrogens is 561 g/mol. The number of aromatic nitrogens is 2. The lowest BCUT2D eigenvalue weighted by atomic mass is 10.0. The van der Waals surface area contributed by atoms with Gasteiger partial charge >= 0.3 is 12.3 Å². The van der Waals surface area contributed by atoms with Crippen molar-refractivity contribution in [1.82, 2.24) is 14.7 Å². The molecule has 0 radical (unpaired) electrons. The highest BCUT2D eigenvalue weighted by atomic mass is 19.4. The fourth-order valence-electron chi connectivity index (χ4n) is 4.68. The quantitative estimate of drug-likeness (QED) is 0.344. The zero-order chi connectivity index (χ0) is 30.8. The Labute approximate surface area is 238 Å². The summed E-state index contributed by atoms with van der Waals surface area (Å²) >= 11 is 0. The highest BCUT2D eigenvalue weighted by molar-refractivity contribution is 5.93. The summed E-state index contributed by atoms with van der Waals surface area (Å²) in [6.07, 6.45) is -1.87. The molecule has 42 heavy (non-hydrogen) atoms. The summed E-state index contributed by atoms with van der Waals surface area (Å²) in [6.45, 7) is 6.27. The standard InChI is InChI=1S/C29H28F5N5O3/c1-28(2,3)42-27(41)38-9-7-21(8-10-38)39-16-19(15-36-39)25-18(14-35)11-20(13-23(25)30)37-24(40)12-17-5-4-6-22(26(17)31)29(32,33)34/h4-6,11,13,15-16,21H,7-10,12H2,1-3H3,(H,37,40). The molecule has 0 atom stereocenters. The molecule has 0 spiro atoms. The molecule has 222 valence electrons. The Balaban J connectivity index is 1.45. The molecule has 0 saturated carbocycles. The monoisotopic (exact) mass is 589 g/mol. The van der Waals surface area contributed by atoms with Crippen LogP contribution >= 0.6 is 0 Å². The van der Waals surface area contributed by atoms with E-state index in [1.54, 1.807) is 36.5 Å². The van der Waals surface area contributed by atoms with Crippen molar-refractivity contribution in [3.63, 3.8) is 0 Å². The Morgan fingerprint density at radius 3 is 2.45 bits per heavy atom. The summed E-state index contributed by atoms with van der Waals surface area (Å²) in [5.74, 6) is -3.30. The number of carbonyl (C=O) groups is 2. The molecule has 1 N–H and O–H groups in total. The van der Waals surface area contributed by atoms with Crippen molar-refractivity contribution in [2.45, 2.75) is 57.9 Å². The van der Waals surface area contributed by atoms with E-state index < -0.39 is 53.0 Å². The van der Waals surface area contributed by atoms with E-state index >= 15 is 4.39 Å². The first-order chi connectivity index (χ1) is 19.7. The zero-order valence-electron chi connectivity index (χ0n) is 23.1. The van der Waals surface area contributed by atoms with Crippen molar-refractivity contribution in [2.24, 2.45) is 0 Å². The lowest BCUT2D eigenvalue weighted by Crippen LogP contribution is -2.42. The molecule has 1 aromatic heterocycles. The van der Waals surface area contributed by atoms with Crippen LogP contribution in [0.25, 0.3) is 11.1 Å². The van der Waals surface area contributed by atoms with E-state index in [-0.39, 0.29) is 22.9 Å². The summed E-state index contributed by atoms with van der Waals surface area (Å²) < 4.78 is 75.6. The topological polar surface area (TPSA) is 100 Å². The molecule has 0 aliphatic carbocycles. The van der Waals surface area contributed by atoms with Gasteiger partial charge in [-0.2, -0.15) is 23.5 Å². The maximum Gasteiger partial charge on any atom is 0.419 e. The van der Waals surface area contributed by atoms with Gasteiger partial charge in [-0.25, -0.2) is 13.6 Å². The molecule has 4 rings (SSSR count). The van der Waals surface area contributed by atoms with Crippen LogP contribution in [-0.4, -0.2) is 45.4 Å². The van der Waals surface area contributed by atoms with Gasteiger partial charge < -0.3 is 15.0 Å². The summed E-state index contributed by atoms with van der Waals surface area (Å²) in [5.41, 5.74) is -2.54. The fourth-order valence-corrected chi connectivity index (χ4v) is 4.68. The number of benzene rings is 2. The first kappa shape index (κ1) is 30.5. The summed E-state index contributed by atoms with van der Waals surface area (Å²) in [7, 11) is 0. The second-order valence-electron chi connectivity index (χ2n) is 10.9. The van der Waals surface area contributed by atoms with Crippen molar-refractivity contribution in [3.05, 3.63) is 71.1 Å². The van der Waals surface area contributed by atoms with Crippen molar-refractivity contribution >= 4 is 17.7 Å². The average Bonchev–Trinajstić information content (AvgIpc) is 3.37. The number of ether oxygens (including phenoxy) is 1. The molecule has 1 fully saturated rings. The predicted molar refractivity (Wildman–Crippen MR) is 142 cm³/mol. The third kappa shape index (κ3) is 7.05. The summed E-state index contributed by atoms with van der Waals surface area (Å²) in [6, 6.07) is 6.61. The zero-order valence-corrected chi connectivity index (χ0v) is 23.1. The second-order valence-corrected chi connectivity index (χ2v) is 10.9. The number of hydrogen-bond acceptors (Lipinski definition) is 5. The summed E-state index contributed by atoms with van der Waals surface area (Å²) in [5, 5.41) is 16.3. The molecule has 13 heteroatoms. The van der Waals surface area contributed by atoms with E-state index in [9.17, 15) is 32.4 Å². The minimum absolute atomic E-state index is 0.0446. The highest BCUT2D eigenvalue weighted by Crippen LogP contribution is 2.34. The van der Waals surface area contributed by atoms with Crippen molar-refractivity contribution in [3.8, 4) is 17.2 Å². The molecule has 3 aromatic rings. The van der Waals surface area contributed by atoms with Crippen LogP contribution in [0.5, 0.6) is 0 Å². The molecule has 2 heterocycles. The fraction of sp³-hybridized carbons (Fsp3) is 0.379. The maximum atomic E-state index is 15.3. The number of rotatable bonds is 5. The number of nitrogens with zero attached hydrogens (tertiary/aromatic N) is 4. The number of amides is 2. The SMILES string of the molecule is CC(C)(C)OC(=O)N1CCC(n2cc(-c3c(F)cc(NC(=O)Cc4cccc(C(F)(F)F)c4F)cc3C#N)cn2)CC1. The molecule has 2 aromatic carbocycles. The lowest BCUT2D eigenvalue weighted by molar-refractivity contribution is -0.140. The number of nitriles is 1. The second kappa shape index (κ2) is 11.8. The van der Waals surface area contributed by atoms with Crippen molar-refractivity contribution in [1.29, 1.82) is 5.26 Å². The Hall–Kier alpha value is -4.47. The molecule has 1 aliphatic heterocycles. The van der Waals surface area contributed by atoms with Gasteiger partial charge in [0.2, 0.25) is 5.91 Å². The number of anilines is 1. The van der Waals surface area contributed by atoms with Crippen LogP contribution in [0.4, 0.5) is 32.4 Å². The number of hydrogen-bond donors (Lipinski definition) is 1. The van der Waals surface area contributed by atoms with Gasteiger partial charge in [-0.1, -0.05) is 12.1 Å². The Morgan fingerprint density at radius 2 is 1.83 bits per heavy atom. The maximum absolute atomic E-state index is 15.3. The van der Waals surface area contributed by atoms with Gasteiger partial charge in [0, 0.05) is 36.1 Å². The van der Waals surface area contributed by atoms with Crippen LogP contribution in [0.1, 0.15) is 56.3 Å². The van der Waals surface area contributed by atoms with E-state index in [1.165, 1.54) is 12.3 Å². The van der Waals surface area contributed by atoms with Gasteiger partial charge in [0.15, 0.2) is 0 Å². The first-order valence-electron chi connectivity index (χ1n) is 13.1. The van der Waals surface area contributed by atoms with E-state index in [1.807, 2.05) is 6.07 Å². The molecule has 0 unspecified atom stereocenters. The van der Waals surface area contributed by atoms with Gasteiger partial charge in [-0.15, -0.1) is 0 Å². The Bertz CT molecular complexity index is 1530. The number of alkyl halides is 3. The minimum Gasteiger partial charge on any atom is -0.444 e. The number of piperidine rings is 1. The van der Waals surface area contributed by atoms with Crippen LogP contribution in [-0.2, 0) is 22.1 Å².